The summed E-state index contributed by atoms with van der Waals surface area (Å²) in [4.78, 5) is 0. The maximum Gasteiger partial charge on any atom is -0.0404 e. The van der Waals surface area contributed by atoms with Gasteiger partial charge in [-0.25, -0.2) is 0 Å². The molecular formula is C9H16. The molecule has 52 valence electrons. The molecular weight excluding hydrogens is 108 g/mol. The third kappa shape index (κ3) is 132. The van der Waals surface area contributed by atoms with Gasteiger partial charge in [-0.2, -0.15) is 0 Å². The van der Waals surface area contributed by atoms with Gasteiger partial charge in [-0.05, 0) is 20.8 Å². The summed E-state index contributed by atoms with van der Waals surface area (Å²) in [5.41, 5.74) is 2.19. The fraction of sp³-hybridized carbons (Fsp3) is 0.333. The molecule has 0 atom stereocenters. The Labute approximate surface area is 58.6 Å². The van der Waals surface area contributed by atoms with Crippen molar-refractivity contribution in [2.45, 2.75) is 20.8 Å². The maximum atomic E-state index is 3.56. The Morgan fingerprint density at radius 2 is 1.22 bits per heavy atom. The van der Waals surface area contributed by atoms with Crippen LogP contribution >= 0.6 is 0 Å². The first kappa shape index (κ1) is 11.1. The highest BCUT2D eigenvalue weighted by atomic mass is 13.7. The van der Waals surface area contributed by atoms with Gasteiger partial charge in [-0.3, -0.25) is 0 Å². The zero-order chi connectivity index (χ0) is 7.86. The van der Waals surface area contributed by atoms with Crippen LogP contribution < -0.4 is 0 Å². The molecule has 0 bridgehead atoms. The molecule has 0 aromatic heterocycles. The zero-order valence-corrected chi connectivity index (χ0v) is 6.70. The molecule has 0 fully saturated rings. The molecule has 0 heteroatoms. The predicted molar refractivity (Wildman–Crippen MR) is 45.5 cm³/mol. The highest BCUT2D eigenvalue weighted by Gasteiger charge is 1.59. The standard InChI is InChI=1S/C5H8.C4H8/c1-4-5(2)3;1-4(2)3/h4H,1-2H2,3H3;1H2,2-3H3. The van der Waals surface area contributed by atoms with E-state index in [1.807, 2.05) is 20.8 Å². The summed E-state index contributed by atoms with van der Waals surface area (Å²) in [6.07, 6.45) is 1.72. The van der Waals surface area contributed by atoms with Crippen LogP contribution in [-0.4, -0.2) is 0 Å². The van der Waals surface area contributed by atoms with Crippen molar-refractivity contribution >= 4 is 0 Å². The van der Waals surface area contributed by atoms with E-state index in [-0.39, 0.29) is 0 Å². The molecule has 0 aliphatic heterocycles. The van der Waals surface area contributed by atoms with Gasteiger partial charge < -0.3 is 0 Å². The minimum absolute atomic E-state index is 1.02. The van der Waals surface area contributed by atoms with E-state index in [4.69, 9.17) is 0 Å². The quantitative estimate of drug-likeness (QED) is 0.371. The van der Waals surface area contributed by atoms with Crippen molar-refractivity contribution in [2.75, 3.05) is 0 Å². The average Bonchev–Trinajstić information content (AvgIpc) is 1.65. The Morgan fingerprint density at radius 1 is 1.11 bits per heavy atom. The van der Waals surface area contributed by atoms with Crippen LogP contribution in [0.1, 0.15) is 20.8 Å². The van der Waals surface area contributed by atoms with E-state index >= 15 is 0 Å². The van der Waals surface area contributed by atoms with Gasteiger partial charge >= 0.3 is 0 Å². The smallest absolute Gasteiger partial charge is 0.0404 e. The van der Waals surface area contributed by atoms with Crippen LogP contribution in [0.25, 0.3) is 0 Å². The Hall–Kier alpha value is -0.780. The van der Waals surface area contributed by atoms with Gasteiger partial charge in [0, 0.05) is 0 Å². The molecule has 0 nitrogen and oxygen atoms in total. The first-order valence-electron chi connectivity index (χ1n) is 2.90. The van der Waals surface area contributed by atoms with Gasteiger partial charge in [0.05, 0.1) is 0 Å². The van der Waals surface area contributed by atoms with Crippen LogP contribution in [0, 0.1) is 0 Å². The molecule has 0 aromatic carbocycles. The molecule has 0 saturated carbocycles. The fourth-order valence-electron chi connectivity index (χ4n) is 0. The lowest BCUT2D eigenvalue weighted by Gasteiger charge is -1.71. The normalized spacial score (nSPS) is 6.56. The fourth-order valence-corrected chi connectivity index (χ4v) is 0. The summed E-state index contributed by atoms with van der Waals surface area (Å²) in [6.45, 7) is 16.4. The summed E-state index contributed by atoms with van der Waals surface area (Å²) >= 11 is 0. The van der Waals surface area contributed by atoms with Crippen LogP contribution in [0.15, 0.2) is 37.0 Å². The topological polar surface area (TPSA) is 0 Å². The molecule has 0 radical (unpaired) electrons. The molecule has 0 unspecified atom stereocenters. The molecule has 0 aromatic rings. The van der Waals surface area contributed by atoms with Crippen LogP contribution in [0.2, 0.25) is 0 Å². The summed E-state index contributed by atoms with van der Waals surface area (Å²) in [5.74, 6) is 0. The van der Waals surface area contributed by atoms with E-state index in [0.29, 0.717) is 0 Å². The first-order chi connectivity index (χ1) is 4.00. The predicted octanol–water partition coefficient (Wildman–Crippen LogP) is 3.33. The van der Waals surface area contributed by atoms with Crippen molar-refractivity contribution in [3.63, 3.8) is 0 Å². The second kappa shape index (κ2) is 7.22. The van der Waals surface area contributed by atoms with E-state index in [9.17, 15) is 0 Å². The Bertz CT molecular complexity index is 103. The highest BCUT2D eigenvalue weighted by molar-refractivity contribution is 5.05. The van der Waals surface area contributed by atoms with Crippen molar-refractivity contribution in [3.8, 4) is 0 Å². The third-order valence-electron chi connectivity index (χ3n) is 0.348. The van der Waals surface area contributed by atoms with Crippen molar-refractivity contribution in [1.29, 1.82) is 0 Å². The lowest BCUT2D eigenvalue weighted by Crippen LogP contribution is -1.50. The second-order valence-corrected chi connectivity index (χ2v) is 2.26. The summed E-state index contributed by atoms with van der Waals surface area (Å²) in [6, 6.07) is 0. The second-order valence-electron chi connectivity index (χ2n) is 2.26. The molecule has 0 rings (SSSR count). The number of hydrogen-bond donors (Lipinski definition) is 0. The van der Waals surface area contributed by atoms with Crippen LogP contribution in [-0.2, 0) is 0 Å². The Balaban J connectivity index is 0. The minimum atomic E-state index is 1.02. The van der Waals surface area contributed by atoms with E-state index < -0.39 is 0 Å². The van der Waals surface area contributed by atoms with Gasteiger partial charge in [0.1, 0.15) is 0 Å². The molecule has 9 heavy (non-hydrogen) atoms. The van der Waals surface area contributed by atoms with Crippen LogP contribution in [0.5, 0.6) is 0 Å². The number of hydrogen-bond acceptors (Lipinski definition) is 0. The zero-order valence-electron chi connectivity index (χ0n) is 6.70. The van der Waals surface area contributed by atoms with Crippen molar-refractivity contribution in [3.05, 3.63) is 37.0 Å². The maximum absolute atomic E-state index is 3.56. The number of allylic oxidation sites excluding steroid dienone is 3. The third-order valence-corrected chi connectivity index (χ3v) is 0.348. The molecule has 0 spiro atoms. The van der Waals surface area contributed by atoms with Crippen LogP contribution in [0.3, 0.4) is 0 Å². The first-order valence-corrected chi connectivity index (χ1v) is 2.90. The van der Waals surface area contributed by atoms with Gasteiger partial charge in [-0.1, -0.05) is 30.4 Å². The van der Waals surface area contributed by atoms with E-state index in [1.54, 1.807) is 6.08 Å². The van der Waals surface area contributed by atoms with Gasteiger partial charge in [0.15, 0.2) is 0 Å². The lowest BCUT2D eigenvalue weighted by molar-refractivity contribution is 1.42. The average molecular weight is 124 g/mol. The van der Waals surface area contributed by atoms with Gasteiger partial charge in [-0.15, -0.1) is 6.58 Å². The van der Waals surface area contributed by atoms with E-state index in [2.05, 4.69) is 19.7 Å². The SMILES string of the molecule is C=C(C)C.C=CC(=C)C. The Morgan fingerprint density at radius 3 is 1.22 bits per heavy atom. The number of rotatable bonds is 1. The van der Waals surface area contributed by atoms with Crippen LogP contribution in [0.4, 0.5) is 0 Å². The van der Waals surface area contributed by atoms with Gasteiger partial charge in [0.2, 0.25) is 0 Å². The van der Waals surface area contributed by atoms with Crippen molar-refractivity contribution in [1.82, 2.24) is 0 Å². The van der Waals surface area contributed by atoms with Crippen molar-refractivity contribution < 1.29 is 0 Å². The molecule has 0 heterocycles. The molecule has 0 aliphatic carbocycles. The van der Waals surface area contributed by atoms with E-state index in [1.165, 1.54) is 5.57 Å². The Kier molecular flexibility index (Phi) is 8.89. The van der Waals surface area contributed by atoms with Crippen molar-refractivity contribution in [2.24, 2.45) is 0 Å². The summed E-state index contributed by atoms with van der Waals surface area (Å²) in [5, 5.41) is 0. The molecule has 0 aliphatic rings. The molecule has 0 amide bonds. The largest absolute Gasteiger partial charge is 0.100 e. The minimum Gasteiger partial charge on any atom is -0.100 e. The molecule has 0 N–H and O–H groups in total. The summed E-state index contributed by atoms with van der Waals surface area (Å²) in [7, 11) is 0. The monoisotopic (exact) mass is 124 g/mol. The summed E-state index contributed by atoms with van der Waals surface area (Å²) < 4.78 is 0. The lowest BCUT2D eigenvalue weighted by atomic mass is 10.4. The van der Waals surface area contributed by atoms with E-state index in [0.717, 1.165) is 5.57 Å². The highest BCUT2D eigenvalue weighted by Crippen LogP contribution is 1.81. The van der Waals surface area contributed by atoms with Gasteiger partial charge in [0.25, 0.3) is 0 Å². The molecule has 0 saturated heterocycles.